The number of carbonyl (C=O) groups excluding carboxylic acids is 1. The van der Waals surface area contributed by atoms with E-state index in [1.807, 2.05) is 13.8 Å². The van der Waals surface area contributed by atoms with Gasteiger partial charge in [-0.25, -0.2) is 13.6 Å². The van der Waals surface area contributed by atoms with Crippen molar-refractivity contribution in [3.63, 3.8) is 0 Å². The monoisotopic (exact) mass is 320 g/mol. The molecule has 8 heteroatoms. The van der Waals surface area contributed by atoms with E-state index in [4.69, 9.17) is 21.5 Å². The van der Waals surface area contributed by atoms with Crippen molar-refractivity contribution in [3.8, 4) is 5.75 Å². The lowest BCUT2D eigenvalue weighted by Gasteiger charge is -2.14. The normalized spacial score (nSPS) is 11.4. The van der Waals surface area contributed by atoms with Gasteiger partial charge >= 0.3 is 0 Å². The average molecular weight is 321 g/mol. The third kappa shape index (κ3) is 5.77. The molecule has 0 bridgehead atoms. The molecule has 6 nitrogen and oxygen atoms in total. The van der Waals surface area contributed by atoms with E-state index >= 15 is 0 Å². The second-order valence-electron chi connectivity index (χ2n) is 4.43. The summed E-state index contributed by atoms with van der Waals surface area (Å²) in [7, 11) is -3.61. The van der Waals surface area contributed by atoms with Gasteiger partial charge in [0.1, 0.15) is 5.75 Å². The average Bonchev–Trinajstić information content (AvgIpc) is 2.29. The maximum atomic E-state index is 12.0. The molecule has 112 valence electrons. The third-order valence-corrected chi connectivity index (χ3v) is 3.23. The number of halogens is 1. The summed E-state index contributed by atoms with van der Waals surface area (Å²) in [5, 5.41) is 7.70. The first kappa shape index (κ1) is 16.7. The first-order valence-corrected chi connectivity index (χ1v) is 8.03. The van der Waals surface area contributed by atoms with Crippen LogP contribution in [-0.4, -0.2) is 32.7 Å². The minimum Gasteiger partial charge on any atom is -0.490 e. The lowest BCUT2D eigenvalue weighted by Crippen LogP contribution is -2.31. The summed E-state index contributed by atoms with van der Waals surface area (Å²) in [6, 6.07) is 4.67. The van der Waals surface area contributed by atoms with Gasteiger partial charge in [-0.3, -0.25) is 4.79 Å². The van der Waals surface area contributed by atoms with Gasteiger partial charge in [0.15, 0.2) is 0 Å². The molecule has 0 aliphatic carbocycles. The van der Waals surface area contributed by atoms with Crippen molar-refractivity contribution < 1.29 is 17.9 Å². The molecule has 0 saturated carbocycles. The van der Waals surface area contributed by atoms with Crippen LogP contribution in [0.15, 0.2) is 18.2 Å². The van der Waals surface area contributed by atoms with E-state index in [9.17, 15) is 13.2 Å². The second kappa shape index (κ2) is 6.92. The number of ether oxygens (including phenoxy) is 1. The fraction of sp³-hybridized carbons (Fsp3) is 0.417. The number of sulfonamides is 1. The van der Waals surface area contributed by atoms with Gasteiger partial charge in [-0.2, -0.15) is 0 Å². The van der Waals surface area contributed by atoms with Gasteiger partial charge in [0.05, 0.1) is 17.4 Å². The number of rotatable bonds is 6. The summed E-state index contributed by atoms with van der Waals surface area (Å²) in [5.74, 6) is -0.413. The Morgan fingerprint density at radius 2 is 2.10 bits per heavy atom. The molecule has 0 unspecified atom stereocenters. The van der Waals surface area contributed by atoms with Gasteiger partial charge in [-0.1, -0.05) is 11.6 Å². The highest BCUT2D eigenvalue weighted by molar-refractivity contribution is 7.89. The largest absolute Gasteiger partial charge is 0.490 e. The highest BCUT2D eigenvalue weighted by Gasteiger charge is 2.15. The summed E-state index contributed by atoms with van der Waals surface area (Å²) in [6.45, 7) is 3.58. The molecule has 1 aromatic rings. The SMILES string of the molecule is CC(C)Oc1ccc(Cl)cc1C(=O)NCCS(N)(=O)=O. The quantitative estimate of drug-likeness (QED) is 0.821. The molecular formula is C12H17ClN2O4S. The van der Waals surface area contributed by atoms with Crippen molar-refractivity contribution in [1.82, 2.24) is 5.32 Å². The molecule has 20 heavy (non-hydrogen) atoms. The lowest BCUT2D eigenvalue weighted by molar-refractivity contribution is 0.0950. The van der Waals surface area contributed by atoms with Crippen molar-refractivity contribution in [2.24, 2.45) is 5.14 Å². The zero-order chi connectivity index (χ0) is 15.3. The van der Waals surface area contributed by atoms with Gasteiger partial charge in [0.25, 0.3) is 5.91 Å². The van der Waals surface area contributed by atoms with Gasteiger partial charge < -0.3 is 10.1 Å². The highest BCUT2D eigenvalue weighted by atomic mass is 35.5. The molecule has 0 aliphatic heterocycles. The predicted molar refractivity (Wildman–Crippen MR) is 77.5 cm³/mol. The summed E-state index contributed by atoms with van der Waals surface area (Å²) < 4.78 is 27.1. The van der Waals surface area contributed by atoms with Crippen LogP contribution in [0, 0.1) is 0 Å². The summed E-state index contributed by atoms with van der Waals surface area (Å²) in [4.78, 5) is 12.0. The maximum absolute atomic E-state index is 12.0. The molecule has 0 saturated heterocycles. The zero-order valence-electron chi connectivity index (χ0n) is 11.2. The van der Waals surface area contributed by atoms with Crippen molar-refractivity contribution in [2.75, 3.05) is 12.3 Å². The molecule has 3 N–H and O–H groups in total. The molecule has 0 spiro atoms. The van der Waals surface area contributed by atoms with Gasteiger partial charge in [-0.05, 0) is 32.0 Å². The first-order chi connectivity index (χ1) is 9.19. The van der Waals surface area contributed by atoms with Crippen LogP contribution in [0.4, 0.5) is 0 Å². The van der Waals surface area contributed by atoms with E-state index in [2.05, 4.69) is 5.32 Å². The Bertz CT molecular complexity index is 587. The third-order valence-electron chi connectivity index (χ3n) is 2.22. The number of amides is 1. The molecule has 0 radical (unpaired) electrons. The van der Waals surface area contributed by atoms with E-state index in [-0.39, 0.29) is 24.0 Å². The fourth-order valence-corrected chi connectivity index (χ4v) is 2.00. The van der Waals surface area contributed by atoms with Gasteiger partial charge in [-0.15, -0.1) is 0 Å². The van der Waals surface area contributed by atoms with Gasteiger partial charge in [0, 0.05) is 11.6 Å². The lowest BCUT2D eigenvalue weighted by atomic mass is 10.2. The van der Waals surface area contributed by atoms with Crippen LogP contribution in [0.2, 0.25) is 5.02 Å². The fourth-order valence-electron chi connectivity index (χ4n) is 1.44. The standard InChI is InChI=1S/C12H17ClN2O4S/c1-8(2)19-11-4-3-9(13)7-10(11)12(16)15-5-6-20(14,17)18/h3-4,7-8H,5-6H2,1-2H3,(H,15,16)(H2,14,17,18). The van der Waals surface area contributed by atoms with Crippen molar-refractivity contribution in [1.29, 1.82) is 0 Å². The Morgan fingerprint density at radius 1 is 1.45 bits per heavy atom. The second-order valence-corrected chi connectivity index (χ2v) is 6.60. The topological polar surface area (TPSA) is 98.5 Å². The maximum Gasteiger partial charge on any atom is 0.255 e. The van der Waals surface area contributed by atoms with Crippen LogP contribution in [0.25, 0.3) is 0 Å². The minimum absolute atomic E-state index is 0.0781. The van der Waals surface area contributed by atoms with E-state index < -0.39 is 15.9 Å². The van der Waals surface area contributed by atoms with Crippen molar-refractivity contribution >= 4 is 27.5 Å². The number of hydrogen-bond acceptors (Lipinski definition) is 4. The number of primary sulfonamides is 1. The first-order valence-electron chi connectivity index (χ1n) is 5.94. The summed E-state index contributed by atoms with van der Waals surface area (Å²) in [6.07, 6.45) is -0.104. The van der Waals surface area contributed by atoms with Crippen LogP contribution in [0.1, 0.15) is 24.2 Å². The Labute approximate surface area is 123 Å². The molecule has 1 aromatic carbocycles. The number of hydrogen-bond donors (Lipinski definition) is 2. The number of nitrogens with one attached hydrogen (secondary N) is 1. The van der Waals surface area contributed by atoms with Crippen LogP contribution in [-0.2, 0) is 10.0 Å². The van der Waals surface area contributed by atoms with E-state index in [0.717, 1.165) is 0 Å². The minimum atomic E-state index is -3.61. The molecule has 0 aromatic heterocycles. The van der Waals surface area contributed by atoms with E-state index in [1.54, 1.807) is 12.1 Å². The summed E-state index contributed by atoms with van der Waals surface area (Å²) >= 11 is 5.85. The molecule has 0 aliphatic rings. The Morgan fingerprint density at radius 3 is 2.65 bits per heavy atom. The molecule has 1 rings (SSSR count). The Balaban J connectivity index is 2.82. The summed E-state index contributed by atoms with van der Waals surface area (Å²) in [5.41, 5.74) is 0.251. The smallest absolute Gasteiger partial charge is 0.255 e. The molecule has 0 atom stereocenters. The Kier molecular flexibility index (Phi) is 5.79. The van der Waals surface area contributed by atoms with Crippen molar-refractivity contribution in [2.45, 2.75) is 20.0 Å². The van der Waals surface area contributed by atoms with Crippen LogP contribution in [0.5, 0.6) is 5.75 Å². The van der Waals surface area contributed by atoms with E-state index in [1.165, 1.54) is 6.07 Å². The molecule has 1 amide bonds. The van der Waals surface area contributed by atoms with E-state index in [0.29, 0.717) is 10.8 Å². The van der Waals surface area contributed by atoms with Gasteiger partial charge in [0.2, 0.25) is 10.0 Å². The number of benzene rings is 1. The molecule has 0 fully saturated rings. The van der Waals surface area contributed by atoms with Crippen LogP contribution in [0.3, 0.4) is 0 Å². The van der Waals surface area contributed by atoms with Crippen LogP contribution >= 0.6 is 11.6 Å². The number of nitrogens with two attached hydrogens (primary N) is 1. The highest BCUT2D eigenvalue weighted by Crippen LogP contribution is 2.23. The molecule has 0 heterocycles. The predicted octanol–water partition coefficient (Wildman–Crippen LogP) is 1.15. The number of carbonyl (C=O) groups is 1. The molecular weight excluding hydrogens is 304 g/mol. The van der Waals surface area contributed by atoms with Crippen LogP contribution < -0.4 is 15.2 Å². The van der Waals surface area contributed by atoms with Crippen molar-refractivity contribution in [3.05, 3.63) is 28.8 Å². The Hall–Kier alpha value is -1.31. The zero-order valence-corrected chi connectivity index (χ0v) is 12.8.